The van der Waals surface area contributed by atoms with Gasteiger partial charge in [0.2, 0.25) is 5.71 Å². The molecule has 0 bridgehead atoms. The molecule has 0 amide bonds. The van der Waals surface area contributed by atoms with Crippen molar-refractivity contribution in [1.82, 2.24) is 20.2 Å². The van der Waals surface area contributed by atoms with Crippen LogP contribution in [0.1, 0.15) is 58.4 Å². The second kappa shape index (κ2) is 8.07. The summed E-state index contributed by atoms with van der Waals surface area (Å²) < 4.78 is 15.7. The Kier molecular flexibility index (Phi) is 5.57. The zero-order valence-electron chi connectivity index (χ0n) is 15.9. The van der Waals surface area contributed by atoms with Crippen molar-refractivity contribution in [2.45, 2.75) is 40.2 Å². The fraction of sp³-hybridized carbons (Fsp3) is 0.389. The summed E-state index contributed by atoms with van der Waals surface area (Å²) in [5.41, 5.74) is 7.34. The van der Waals surface area contributed by atoms with E-state index in [9.17, 15) is 9.59 Å². The first-order valence-electron chi connectivity index (χ1n) is 8.88. The van der Waals surface area contributed by atoms with Gasteiger partial charge in [-0.2, -0.15) is 10.1 Å². The van der Waals surface area contributed by atoms with E-state index in [-0.39, 0.29) is 47.2 Å². The SMILES string of the molecule is CCCc1cc(C(=O)OCc2nc(N)c3c(C(=O)OCC)c(C)oc3n2)n[nH]1. The van der Waals surface area contributed by atoms with Gasteiger partial charge >= 0.3 is 11.9 Å². The van der Waals surface area contributed by atoms with E-state index >= 15 is 0 Å². The number of nitrogens with one attached hydrogen (secondary N) is 1. The van der Waals surface area contributed by atoms with Crippen molar-refractivity contribution in [2.24, 2.45) is 0 Å². The van der Waals surface area contributed by atoms with Gasteiger partial charge in [-0.1, -0.05) is 13.3 Å². The van der Waals surface area contributed by atoms with Gasteiger partial charge in [-0.3, -0.25) is 5.10 Å². The molecular weight excluding hydrogens is 366 g/mol. The lowest BCUT2D eigenvalue weighted by Gasteiger charge is -2.04. The van der Waals surface area contributed by atoms with Crippen molar-refractivity contribution >= 4 is 28.9 Å². The highest BCUT2D eigenvalue weighted by atomic mass is 16.5. The molecule has 0 atom stereocenters. The molecule has 0 aromatic carbocycles. The molecule has 3 N–H and O–H groups in total. The van der Waals surface area contributed by atoms with Crippen LogP contribution < -0.4 is 5.73 Å². The summed E-state index contributed by atoms with van der Waals surface area (Å²) in [6.07, 6.45) is 1.72. The molecule has 0 aliphatic heterocycles. The Hall–Kier alpha value is -3.43. The van der Waals surface area contributed by atoms with Crippen LogP contribution in [0.2, 0.25) is 0 Å². The number of nitrogens with two attached hydrogens (primary N) is 1. The summed E-state index contributed by atoms with van der Waals surface area (Å²) in [7, 11) is 0. The van der Waals surface area contributed by atoms with Crippen LogP contribution in [0, 0.1) is 6.92 Å². The molecule has 3 heterocycles. The molecule has 28 heavy (non-hydrogen) atoms. The van der Waals surface area contributed by atoms with Gasteiger partial charge in [0.15, 0.2) is 18.1 Å². The Balaban J connectivity index is 1.78. The second-order valence-electron chi connectivity index (χ2n) is 6.06. The largest absolute Gasteiger partial charge is 0.462 e. The summed E-state index contributed by atoms with van der Waals surface area (Å²) in [4.78, 5) is 32.6. The lowest BCUT2D eigenvalue weighted by molar-refractivity contribution is 0.0454. The number of fused-ring (bicyclic) bond motifs is 1. The molecule has 0 aliphatic carbocycles. The predicted octanol–water partition coefficient (Wildman–Crippen LogP) is 2.32. The van der Waals surface area contributed by atoms with Gasteiger partial charge in [0, 0.05) is 5.69 Å². The number of hydrogen-bond acceptors (Lipinski definition) is 9. The Labute approximate surface area is 160 Å². The van der Waals surface area contributed by atoms with Crippen LogP contribution >= 0.6 is 0 Å². The van der Waals surface area contributed by atoms with Crippen molar-refractivity contribution in [3.8, 4) is 0 Å². The highest BCUT2D eigenvalue weighted by Gasteiger charge is 2.24. The molecule has 3 aromatic heterocycles. The number of ether oxygens (including phenoxy) is 2. The van der Waals surface area contributed by atoms with Crippen molar-refractivity contribution in [2.75, 3.05) is 12.3 Å². The van der Waals surface area contributed by atoms with Crippen LogP contribution in [-0.2, 0) is 22.5 Å². The van der Waals surface area contributed by atoms with Gasteiger partial charge in [-0.15, -0.1) is 0 Å². The van der Waals surface area contributed by atoms with Crippen LogP contribution in [0.3, 0.4) is 0 Å². The van der Waals surface area contributed by atoms with Gasteiger partial charge in [0.25, 0.3) is 0 Å². The van der Waals surface area contributed by atoms with Crippen LogP contribution in [0.15, 0.2) is 10.5 Å². The van der Waals surface area contributed by atoms with Gasteiger partial charge in [-0.25, -0.2) is 14.6 Å². The zero-order chi connectivity index (χ0) is 20.3. The lowest BCUT2D eigenvalue weighted by atomic mass is 10.2. The smallest absolute Gasteiger partial charge is 0.359 e. The Morgan fingerprint density at radius 1 is 1.21 bits per heavy atom. The summed E-state index contributed by atoms with van der Waals surface area (Å²) in [5.74, 6) is -0.658. The van der Waals surface area contributed by atoms with Gasteiger partial charge in [0.1, 0.15) is 17.1 Å². The van der Waals surface area contributed by atoms with E-state index in [1.807, 2.05) is 6.92 Å². The highest BCUT2D eigenvalue weighted by molar-refractivity contribution is 6.07. The fourth-order valence-electron chi connectivity index (χ4n) is 2.76. The first-order chi connectivity index (χ1) is 13.4. The molecule has 3 rings (SSSR count). The Morgan fingerprint density at radius 3 is 2.71 bits per heavy atom. The number of nitrogens with zero attached hydrogens (tertiary/aromatic N) is 3. The van der Waals surface area contributed by atoms with Crippen molar-refractivity contribution in [1.29, 1.82) is 0 Å². The van der Waals surface area contributed by atoms with Crippen LogP contribution in [0.5, 0.6) is 0 Å². The van der Waals surface area contributed by atoms with Crippen molar-refractivity contribution < 1.29 is 23.5 Å². The topological polar surface area (TPSA) is 146 Å². The summed E-state index contributed by atoms with van der Waals surface area (Å²) >= 11 is 0. The minimum Gasteiger partial charge on any atom is -0.462 e. The number of carbonyl (C=O) groups excluding carboxylic acids is 2. The molecule has 0 fully saturated rings. The number of hydrogen-bond donors (Lipinski definition) is 2. The van der Waals surface area contributed by atoms with E-state index < -0.39 is 11.9 Å². The molecule has 3 aromatic rings. The minimum atomic E-state index is -0.608. The van der Waals surface area contributed by atoms with E-state index in [4.69, 9.17) is 19.6 Å². The number of aromatic amines is 1. The highest BCUT2D eigenvalue weighted by Crippen LogP contribution is 2.29. The maximum absolute atomic E-state index is 12.1. The quantitative estimate of drug-likeness (QED) is 0.583. The third kappa shape index (κ3) is 3.80. The molecule has 0 unspecified atom stereocenters. The minimum absolute atomic E-state index is 0.0425. The van der Waals surface area contributed by atoms with Crippen molar-refractivity contribution in [3.63, 3.8) is 0 Å². The standard InChI is InChI=1S/C18H21N5O5/c1-4-6-10-7-11(23-22-10)17(24)27-8-12-20-15(19)14-13(18(25)26-5-2)9(3)28-16(14)21-12/h7H,4-6,8H2,1-3H3,(H,22,23)(H2,19,20,21). The molecule has 0 radical (unpaired) electrons. The van der Waals surface area contributed by atoms with Gasteiger partial charge < -0.3 is 19.6 Å². The molecule has 148 valence electrons. The first-order valence-corrected chi connectivity index (χ1v) is 8.88. The van der Waals surface area contributed by atoms with E-state index in [2.05, 4.69) is 20.2 Å². The number of aryl methyl sites for hydroxylation is 2. The predicted molar refractivity (Wildman–Crippen MR) is 98.6 cm³/mol. The third-order valence-corrected chi connectivity index (χ3v) is 3.97. The lowest BCUT2D eigenvalue weighted by Crippen LogP contribution is -2.10. The third-order valence-electron chi connectivity index (χ3n) is 3.97. The molecule has 10 heteroatoms. The summed E-state index contributed by atoms with van der Waals surface area (Å²) in [6, 6.07) is 1.64. The van der Waals surface area contributed by atoms with Gasteiger partial charge in [-0.05, 0) is 26.3 Å². The average molecular weight is 387 g/mol. The van der Waals surface area contributed by atoms with E-state index in [0.29, 0.717) is 5.76 Å². The number of rotatable bonds is 7. The number of anilines is 1. The average Bonchev–Trinajstić information content (AvgIpc) is 3.24. The van der Waals surface area contributed by atoms with E-state index in [1.54, 1.807) is 19.9 Å². The maximum Gasteiger partial charge on any atom is 0.359 e. The van der Waals surface area contributed by atoms with Crippen LogP contribution in [0.4, 0.5) is 5.82 Å². The number of esters is 2. The molecule has 0 saturated heterocycles. The number of furan rings is 1. The Bertz CT molecular complexity index is 1020. The molecule has 0 aliphatic rings. The molecule has 0 saturated carbocycles. The van der Waals surface area contributed by atoms with Crippen LogP contribution in [0.25, 0.3) is 11.1 Å². The molecule has 0 spiro atoms. The molecular formula is C18H21N5O5. The normalized spacial score (nSPS) is 11.0. The second-order valence-corrected chi connectivity index (χ2v) is 6.06. The first kappa shape index (κ1) is 19.3. The number of nitrogen functional groups attached to an aromatic ring is 1. The monoisotopic (exact) mass is 387 g/mol. The van der Waals surface area contributed by atoms with Crippen LogP contribution in [-0.4, -0.2) is 38.7 Å². The van der Waals surface area contributed by atoms with E-state index in [1.165, 1.54) is 0 Å². The Morgan fingerprint density at radius 2 is 2.00 bits per heavy atom. The van der Waals surface area contributed by atoms with Crippen molar-refractivity contribution in [3.05, 3.63) is 34.6 Å². The summed E-state index contributed by atoms with van der Waals surface area (Å²) in [5, 5.41) is 7.00. The van der Waals surface area contributed by atoms with Gasteiger partial charge in [0.05, 0.1) is 12.0 Å². The zero-order valence-corrected chi connectivity index (χ0v) is 15.9. The van der Waals surface area contributed by atoms with E-state index in [0.717, 1.165) is 18.5 Å². The number of carbonyl (C=O) groups is 2. The maximum atomic E-state index is 12.1. The summed E-state index contributed by atoms with van der Waals surface area (Å²) in [6.45, 7) is 5.33. The number of H-pyrrole nitrogens is 1. The molecule has 10 nitrogen and oxygen atoms in total. The number of aromatic nitrogens is 4. The fourth-order valence-corrected chi connectivity index (χ4v) is 2.76.